The first-order valence-corrected chi connectivity index (χ1v) is 12.1. The zero-order valence-electron chi connectivity index (χ0n) is 17.3. The van der Waals surface area contributed by atoms with Gasteiger partial charge in [0.1, 0.15) is 23.7 Å². The van der Waals surface area contributed by atoms with Crippen molar-refractivity contribution in [2.24, 2.45) is 0 Å². The second-order valence-electron chi connectivity index (χ2n) is 7.64. The van der Waals surface area contributed by atoms with Gasteiger partial charge in [-0.1, -0.05) is 53.8 Å². The van der Waals surface area contributed by atoms with Gasteiger partial charge < -0.3 is 9.45 Å². The number of benzene rings is 2. The minimum atomic E-state index is -2.33. The van der Waals surface area contributed by atoms with Gasteiger partial charge in [-0.2, -0.15) is 0 Å². The lowest BCUT2D eigenvalue weighted by atomic mass is 10.0. The summed E-state index contributed by atoms with van der Waals surface area (Å²) in [7, 11) is 0. The fourth-order valence-corrected chi connectivity index (χ4v) is 5.52. The van der Waals surface area contributed by atoms with Crippen molar-refractivity contribution in [2.45, 2.75) is 12.8 Å². The molecule has 1 saturated heterocycles. The highest BCUT2D eigenvalue weighted by Crippen LogP contribution is 2.31. The maximum atomic E-state index is 12.3. The maximum Gasteiger partial charge on any atom is 0.286 e. The van der Waals surface area contributed by atoms with Gasteiger partial charge in [-0.05, 0) is 24.0 Å². The SMILES string of the molecule is O=C(NO)c1cnc(N2CC[N+](c3ccc(CCc4ccccc4)cc3)(S(=O)[O-])CC2)s1. The lowest BCUT2D eigenvalue weighted by Gasteiger charge is -2.44. The number of hydrogen-bond donors (Lipinski definition) is 2. The Morgan fingerprint density at radius 3 is 2.31 bits per heavy atom. The molecule has 4 rings (SSSR count). The predicted octanol–water partition coefficient (Wildman–Crippen LogP) is 2.67. The van der Waals surface area contributed by atoms with Gasteiger partial charge in [0.05, 0.1) is 19.3 Å². The molecule has 1 atom stereocenters. The van der Waals surface area contributed by atoms with Crippen molar-refractivity contribution < 1.29 is 18.8 Å². The van der Waals surface area contributed by atoms with Crippen LogP contribution in [0.2, 0.25) is 0 Å². The Morgan fingerprint density at radius 1 is 1.09 bits per heavy atom. The van der Waals surface area contributed by atoms with Gasteiger partial charge in [0.25, 0.3) is 5.91 Å². The van der Waals surface area contributed by atoms with Crippen molar-refractivity contribution in [2.75, 3.05) is 31.1 Å². The third kappa shape index (κ3) is 4.74. The minimum Gasteiger partial charge on any atom is -0.724 e. The first-order valence-electron chi connectivity index (χ1n) is 10.3. The zero-order valence-corrected chi connectivity index (χ0v) is 19.0. The lowest BCUT2D eigenvalue weighted by molar-refractivity contribution is 0.0710. The standard InChI is InChI=1S/C22H24N4O4S2/c27-21(24-28)20-16-23-22(31-20)25-12-14-26(15-13-25,32(29)30)19-10-8-18(9-11-19)7-6-17-4-2-1-3-5-17/h1-5,8-11,16H,6-7,12-15H2,(H2-,24,27,28,29,30). The summed E-state index contributed by atoms with van der Waals surface area (Å²) in [5.74, 6) is -0.607. The number of piperazine rings is 1. The second-order valence-corrected chi connectivity index (χ2v) is 9.78. The molecule has 2 heterocycles. The van der Waals surface area contributed by atoms with Gasteiger partial charge in [-0.3, -0.25) is 10.0 Å². The van der Waals surface area contributed by atoms with Crippen molar-refractivity contribution in [3.63, 3.8) is 0 Å². The predicted molar refractivity (Wildman–Crippen MR) is 124 cm³/mol. The van der Waals surface area contributed by atoms with Crippen molar-refractivity contribution in [1.29, 1.82) is 0 Å². The Balaban J connectivity index is 1.44. The van der Waals surface area contributed by atoms with E-state index in [1.54, 1.807) is 5.48 Å². The molecule has 32 heavy (non-hydrogen) atoms. The molecule has 1 amide bonds. The van der Waals surface area contributed by atoms with E-state index >= 15 is 0 Å². The number of aromatic nitrogens is 1. The van der Waals surface area contributed by atoms with Crippen LogP contribution in [0.25, 0.3) is 0 Å². The van der Waals surface area contributed by atoms with Crippen LogP contribution in [0.3, 0.4) is 0 Å². The van der Waals surface area contributed by atoms with Crippen LogP contribution in [0, 0.1) is 0 Å². The summed E-state index contributed by atoms with van der Waals surface area (Å²) in [4.78, 5) is 18.1. The summed E-state index contributed by atoms with van der Waals surface area (Å²) < 4.78 is 24.5. The number of rotatable bonds is 7. The summed E-state index contributed by atoms with van der Waals surface area (Å²) in [6, 6.07) is 18.1. The molecule has 1 aliphatic rings. The van der Waals surface area contributed by atoms with Gasteiger partial charge in [0.2, 0.25) is 0 Å². The average Bonchev–Trinajstić information content (AvgIpc) is 3.33. The molecule has 0 spiro atoms. The second kappa shape index (κ2) is 9.88. The number of carbonyl (C=O) groups excluding carboxylic acids is 1. The molecule has 1 fully saturated rings. The van der Waals surface area contributed by atoms with Crippen LogP contribution in [0.1, 0.15) is 20.8 Å². The normalized spacial score (nSPS) is 16.5. The first kappa shape index (κ1) is 22.6. The fraction of sp³-hybridized carbons (Fsp3) is 0.273. The van der Waals surface area contributed by atoms with Crippen LogP contribution < -0.4 is 14.3 Å². The Bertz CT molecular complexity index is 1080. The highest BCUT2D eigenvalue weighted by Gasteiger charge is 2.38. The molecule has 0 radical (unpaired) electrons. The minimum absolute atomic E-state index is 0.134. The molecule has 1 aromatic heterocycles. The molecule has 168 valence electrons. The van der Waals surface area contributed by atoms with E-state index in [2.05, 4.69) is 17.1 Å². The van der Waals surface area contributed by atoms with E-state index in [0.29, 0.717) is 36.2 Å². The third-order valence-corrected chi connectivity index (χ3v) is 7.99. The number of hydroxylamine groups is 1. The quantitative estimate of drug-likeness (QED) is 0.237. The number of anilines is 1. The lowest BCUT2D eigenvalue weighted by Crippen LogP contribution is -2.61. The largest absolute Gasteiger partial charge is 0.724 e. The topological polar surface area (TPSA) is 106 Å². The van der Waals surface area contributed by atoms with Crippen LogP contribution in [0.5, 0.6) is 0 Å². The summed E-state index contributed by atoms with van der Waals surface area (Å²) in [6.45, 7) is 1.72. The number of amides is 1. The van der Waals surface area contributed by atoms with Gasteiger partial charge in [-0.25, -0.2) is 18.6 Å². The zero-order chi connectivity index (χ0) is 22.6. The van der Waals surface area contributed by atoms with Crippen LogP contribution in [-0.4, -0.2) is 51.0 Å². The smallest absolute Gasteiger partial charge is 0.286 e. The van der Waals surface area contributed by atoms with Gasteiger partial charge >= 0.3 is 0 Å². The molecule has 10 heteroatoms. The van der Waals surface area contributed by atoms with Crippen LogP contribution >= 0.6 is 11.3 Å². The Kier molecular flexibility index (Phi) is 6.97. The van der Waals surface area contributed by atoms with E-state index in [1.807, 2.05) is 47.4 Å². The monoisotopic (exact) mass is 472 g/mol. The summed E-state index contributed by atoms with van der Waals surface area (Å²) in [6.07, 6.45) is 3.24. The molecule has 3 aromatic rings. The number of carbonyl (C=O) groups is 1. The highest BCUT2D eigenvalue weighted by molar-refractivity contribution is 7.78. The van der Waals surface area contributed by atoms with Gasteiger partial charge in [0.15, 0.2) is 16.4 Å². The van der Waals surface area contributed by atoms with E-state index in [9.17, 15) is 13.6 Å². The first-order chi connectivity index (χ1) is 15.5. The van der Waals surface area contributed by atoms with Crippen molar-refractivity contribution in [3.05, 3.63) is 76.8 Å². The molecule has 2 aromatic carbocycles. The van der Waals surface area contributed by atoms with Crippen molar-refractivity contribution in [1.82, 2.24) is 14.4 Å². The average molecular weight is 473 g/mol. The Labute approximate surface area is 193 Å². The number of nitrogens with zero attached hydrogens (tertiary/aromatic N) is 3. The number of quaternary nitrogens is 1. The molecule has 1 aliphatic heterocycles. The number of thiazole rings is 1. The van der Waals surface area contributed by atoms with Crippen LogP contribution in [0.4, 0.5) is 10.8 Å². The fourth-order valence-electron chi connectivity index (χ4n) is 3.91. The summed E-state index contributed by atoms with van der Waals surface area (Å²) >= 11 is -1.17. The highest BCUT2D eigenvalue weighted by atomic mass is 32.2. The maximum absolute atomic E-state index is 12.3. The summed E-state index contributed by atoms with van der Waals surface area (Å²) in [5.41, 5.74) is 4.80. The Morgan fingerprint density at radius 2 is 1.72 bits per heavy atom. The van der Waals surface area contributed by atoms with Crippen molar-refractivity contribution >= 4 is 39.3 Å². The molecule has 8 nitrogen and oxygen atoms in total. The molecular weight excluding hydrogens is 448 g/mol. The van der Waals surface area contributed by atoms with Gasteiger partial charge in [0, 0.05) is 12.1 Å². The summed E-state index contributed by atoms with van der Waals surface area (Å²) in [5, 5.41) is 9.40. The van der Waals surface area contributed by atoms with E-state index in [4.69, 9.17) is 5.21 Å². The molecule has 0 aliphatic carbocycles. The molecule has 0 saturated carbocycles. The molecule has 2 N–H and O–H groups in total. The van der Waals surface area contributed by atoms with E-state index in [0.717, 1.165) is 29.9 Å². The van der Waals surface area contributed by atoms with E-state index < -0.39 is 17.2 Å². The molecule has 1 unspecified atom stereocenters. The Hall–Kier alpha value is -2.63. The van der Waals surface area contributed by atoms with E-state index in [-0.39, 0.29) is 3.89 Å². The van der Waals surface area contributed by atoms with Crippen LogP contribution in [0.15, 0.2) is 60.8 Å². The van der Waals surface area contributed by atoms with Gasteiger partial charge in [-0.15, -0.1) is 0 Å². The number of aryl methyl sites for hydroxylation is 2. The third-order valence-electron chi connectivity index (χ3n) is 5.79. The molecular formula is C22H24N4O4S2. The van der Waals surface area contributed by atoms with E-state index in [1.165, 1.54) is 17.3 Å². The molecule has 0 bridgehead atoms. The number of nitrogens with one attached hydrogen (secondary N) is 1. The van der Waals surface area contributed by atoms with Crippen molar-refractivity contribution in [3.8, 4) is 0 Å². The number of hydrogen-bond acceptors (Lipinski definition) is 7. The van der Waals surface area contributed by atoms with Crippen LogP contribution in [-0.2, 0) is 24.1 Å².